The van der Waals surface area contributed by atoms with Crippen molar-refractivity contribution < 1.29 is 14.1 Å². The molecule has 1 atom stereocenters. The summed E-state index contributed by atoms with van der Waals surface area (Å²) in [6.45, 7) is 10.1. The number of rotatable bonds is 8. The molecule has 0 aliphatic carbocycles. The molecule has 196 valence electrons. The normalized spacial score (nSPS) is 19.1. The molecule has 1 aromatic heterocycles. The number of hydrogen-bond donors (Lipinski definition) is 1. The van der Waals surface area contributed by atoms with Crippen molar-refractivity contribution in [3.05, 3.63) is 54.1 Å². The highest BCUT2D eigenvalue weighted by atomic mass is 16.5. The first-order valence-corrected chi connectivity index (χ1v) is 13.2. The molecule has 2 fully saturated rings. The van der Waals surface area contributed by atoms with Gasteiger partial charge in [0.2, 0.25) is 11.7 Å². The quantitative estimate of drug-likeness (QED) is 0.497. The van der Waals surface area contributed by atoms with Gasteiger partial charge in [-0.2, -0.15) is 4.98 Å². The van der Waals surface area contributed by atoms with Crippen molar-refractivity contribution in [1.29, 1.82) is 0 Å². The summed E-state index contributed by atoms with van der Waals surface area (Å²) < 4.78 is 10.8. The Bertz CT molecular complexity index is 1160. The molecule has 9 heteroatoms. The van der Waals surface area contributed by atoms with E-state index >= 15 is 0 Å². The largest absolute Gasteiger partial charge is 0.497 e. The van der Waals surface area contributed by atoms with Crippen LogP contribution in [0, 0.1) is 5.92 Å². The van der Waals surface area contributed by atoms with E-state index < -0.39 is 0 Å². The number of carbonyl (C=O) groups excluding carboxylic acids is 1. The van der Waals surface area contributed by atoms with Crippen LogP contribution in [0.15, 0.2) is 53.1 Å². The molecule has 3 aromatic rings. The van der Waals surface area contributed by atoms with Gasteiger partial charge in [-0.3, -0.25) is 9.69 Å². The Hall–Kier alpha value is -3.43. The summed E-state index contributed by atoms with van der Waals surface area (Å²) in [4.78, 5) is 24.6. The Labute approximate surface area is 218 Å². The van der Waals surface area contributed by atoms with E-state index in [-0.39, 0.29) is 11.8 Å². The van der Waals surface area contributed by atoms with Crippen LogP contribution in [0.5, 0.6) is 5.75 Å². The van der Waals surface area contributed by atoms with Crippen molar-refractivity contribution in [2.75, 3.05) is 63.1 Å². The van der Waals surface area contributed by atoms with Gasteiger partial charge in [0.15, 0.2) is 0 Å². The third-order valence-corrected chi connectivity index (χ3v) is 7.37. The number of ether oxygens (including phenoxy) is 1. The van der Waals surface area contributed by atoms with Gasteiger partial charge in [-0.25, -0.2) is 0 Å². The Morgan fingerprint density at radius 3 is 2.46 bits per heavy atom. The molecule has 3 heterocycles. The SMILES string of the molecule is CCN1CCN(Cc2ccc(NC(=O)C3CCCN(c4nc(-c5ccc(OC)cc5)no4)C3)cc2)CC1. The van der Waals surface area contributed by atoms with Crippen LogP contribution in [0.4, 0.5) is 11.7 Å². The van der Waals surface area contributed by atoms with E-state index in [0.717, 1.165) is 75.7 Å². The fourth-order valence-electron chi connectivity index (χ4n) is 5.03. The van der Waals surface area contributed by atoms with Crippen LogP contribution in [-0.4, -0.2) is 78.8 Å². The molecule has 1 amide bonds. The maximum Gasteiger partial charge on any atom is 0.324 e. The standard InChI is InChI=1S/C28H36N6O3/c1-3-32-15-17-33(18-16-32)19-21-6-10-24(11-7-21)29-27(35)23-5-4-14-34(20-23)28-30-26(31-37-28)22-8-12-25(36-2)13-9-22/h6-13,23H,3-5,14-20H2,1-2H3,(H,29,35). The third kappa shape index (κ3) is 6.29. The molecule has 9 nitrogen and oxygen atoms in total. The van der Waals surface area contributed by atoms with Crippen LogP contribution < -0.4 is 15.0 Å². The van der Waals surface area contributed by atoms with Crippen molar-refractivity contribution >= 4 is 17.6 Å². The van der Waals surface area contributed by atoms with E-state index in [0.29, 0.717) is 18.4 Å². The van der Waals surface area contributed by atoms with Crippen molar-refractivity contribution in [1.82, 2.24) is 19.9 Å². The van der Waals surface area contributed by atoms with Crippen molar-refractivity contribution in [2.24, 2.45) is 5.92 Å². The summed E-state index contributed by atoms with van der Waals surface area (Å²) in [7, 11) is 1.63. The Morgan fingerprint density at radius 1 is 1.03 bits per heavy atom. The lowest BCUT2D eigenvalue weighted by Gasteiger charge is -2.34. The second-order valence-electron chi connectivity index (χ2n) is 9.81. The zero-order valence-corrected chi connectivity index (χ0v) is 21.7. The first-order chi connectivity index (χ1) is 18.1. The molecule has 1 N–H and O–H groups in total. The number of nitrogens with one attached hydrogen (secondary N) is 1. The summed E-state index contributed by atoms with van der Waals surface area (Å²) in [5, 5.41) is 7.24. The first-order valence-electron chi connectivity index (χ1n) is 13.2. The summed E-state index contributed by atoms with van der Waals surface area (Å²) in [6.07, 6.45) is 1.73. The molecule has 1 unspecified atom stereocenters. The minimum atomic E-state index is -0.139. The number of anilines is 2. The zero-order valence-electron chi connectivity index (χ0n) is 21.7. The Kier molecular flexibility index (Phi) is 8.01. The molecule has 37 heavy (non-hydrogen) atoms. The number of benzene rings is 2. The van der Waals surface area contributed by atoms with Gasteiger partial charge < -0.3 is 24.4 Å². The molecular formula is C28H36N6O3. The number of piperidine rings is 1. The lowest BCUT2D eigenvalue weighted by molar-refractivity contribution is -0.120. The number of piperazine rings is 1. The molecule has 2 saturated heterocycles. The van der Waals surface area contributed by atoms with Crippen LogP contribution in [0.2, 0.25) is 0 Å². The fraction of sp³-hybridized carbons (Fsp3) is 0.464. The lowest BCUT2D eigenvalue weighted by Crippen LogP contribution is -2.45. The van der Waals surface area contributed by atoms with Crippen LogP contribution in [0.3, 0.4) is 0 Å². The summed E-state index contributed by atoms with van der Waals surface area (Å²) >= 11 is 0. The topological polar surface area (TPSA) is 87.0 Å². The second-order valence-corrected chi connectivity index (χ2v) is 9.81. The highest BCUT2D eigenvalue weighted by molar-refractivity contribution is 5.93. The van der Waals surface area contributed by atoms with E-state index in [1.54, 1.807) is 7.11 Å². The van der Waals surface area contributed by atoms with Crippen LogP contribution in [-0.2, 0) is 11.3 Å². The van der Waals surface area contributed by atoms with E-state index in [4.69, 9.17) is 9.26 Å². The summed E-state index contributed by atoms with van der Waals surface area (Å²) in [5.74, 6) is 1.19. The molecule has 0 saturated carbocycles. The summed E-state index contributed by atoms with van der Waals surface area (Å²) in [5.41, 5.74) is 2.96. The molecule has 5 rings (SSSR count). The van der Waals surface area contributed by atoms with Gasteiger partial charge in [0.25, 0.3) is 0 Å². The predicted octanol–water partition coefficient (Wildman–Crippen LogP) is 3.74. The molecule has 2 aromatic carbocycles. The average Bonchev–Trinajstić information content (AvgIpc) is 3.45. The van der Waals surface area contributed by atoms with E-state index in [1.165, 1.54) is 5.56 Å². The van der Waals surface area contributed by atoms with Crippen molar-refractivity contribution in [3.8, 4) is 17.1 Å². The minimum Gasteiger partial charge on any atom is -0.497 e. The Balaban J connectivity index is 1.14. The fourth-order valence-corrected chi connectivity index (χ4v) is 5.03. The van der Waals surface area contributed by atoms with Gasteiger partial charge in [0, 0.05) is 57.1 Å². The van der Waals surface area contributed by atoms with Gasteiger partial charge in [-0.1, -0.05) is 24.2 Å². The van der Waals surface area contributed by atoms with Gasteiger partial charge in [-0.05, 0) is 61.3 Å². The maximum absolute atomic E-state index is 13.1. The molecule has 0 radical (unpaired) electrons. The van der Waals surface area contributed by atoms with Crippen molar-refractivity contribution in [2.45, 2.75) is 26.3 Å². The van der Waals surface area contributed by atoms with Crippen LogP contribution >= 0.6 is 0 Å². The molecule has 2 aliphatic rings. The predicted molar refractivity (Wildman–Crippen MR) is 144 cm³/mol. The average molecular weight is 505 g/mol. The number of methoxy groups -OCH3 is 1. The second kappa shape index (κ2) is 11.7. The third-order valence-electron chi connectivity index (χ3n) is 7.37. The minimum absolute atomic E-state index is 0.0306. The summed E-state index contributed by atoms with van der Waals surface area (Å²) in [6, 6.07) is 16.2. The molecule has 0 bridgehead atoms. The first kappa shape index (κ1) is 25.2. The monoisotopic (exact) mass is 504 g/mol. The lowest BCUT2D eigenvalue weighted by atomic mass is 9.97. The number of aromatic nitrogens is 2. The van der Waals surface area contributed by atoms with Gasteiger partial charge in [-0.15, -0.1) is 0 Å². The highest BCUT2D eigenvalue weighted by Crippen LogP contribution is 2.26. The van der Waals surface area contributed by atoms with Crippen LogP contribution in [0.25, 0.3) is 11.4 Å². The van der Waals surface area contributed by atoms with Crippen molar-refractivity contribution in [3.63, 3.8) is 0 Å². The smallest absolute Gasteiger partial charge is 0.324 e. The number of nitrogens with zero attached hydrogens (tertiary/aromatic N) is 5. The maximum atomic E-state index is 13.1. The van der Waals surface area contributed by atoms with Gasteiger partial charge >= 0.3 is 6.01 Å². The molecular weight excluding hydrogens is 468 g/mol. The number of carbonyl (C=O) groups is 1. The number of amides is 1. The van der Waals surface area contributed by atoms with Crippen LogP contribution in [0.1, 0.15) is 25.3 Å². The molecule has 0 spiro atoms. The molecule has 2 aliphatic heterocycles. The van der Waals surface area contributed by atoms with E-state index in [1.807, 2.05) is 41.3 Å². The van der Waals surface area contributed by atoms with Gasteiger partial charge in [0.1, 0.15) is 5.75 Å². The van der Waals surface area contributed by atoms with E-state index in [9.17, 15) is 4.79 Å². The van der Waals surface area contributed by atoms with E-state index in [2.05, 4.69) is 44.3 Å². The number of likely N-dealkylation sites (N-methyl/N-ethyl adjacent to an activating group) is 1. The zero-order chi connectivity index (χ0) is 25.6. The Morgan fingerprint density at radius 2 is 1.76 bits per heavy atom. The highest BCUT2D eigenvalue weighted by Gasteiger charge is 2.29. The number of hydrogen-bond acceptors (Lipinski definition) is 8. The van der Waals surface area contributed by atoms with Gasteiger partial charge in [0.05, 0.1) is 13.0 Å².